The van der Waals surface area contributed by atoms with Gasteiger partial charge in [-0.15, -0.1) is 11.8 Å². The number of alkyl halides is 3. The first kappa shape index (κ1) is 28.5. The first-order valence-electron chi connectivity index (χ1n) is 14.0. The number of rotatable bonds is 6. The number of aliphatic hydroxyl groups is 1. The number of nitrogens with one attached hydrogen (secondary N) is 1. The molecule has 1 aromatic carbocycles. The molecule has 39 heavy (non-hydrogen) atoms. The minimum atomic E-state index is -4.59. The monoisotopic (exact) mass is 563 g/mol. The van der Waals surface area contributed by atoms with Gasteiger partial charge in [-0.25, -0.2) is 4.98 Å². The zero-order valence-electron chi connectivity index (χ0n) is 23.3. The number of aryl methyl sites for hydroxylation is 1. The molecule has 0 amide bonds. The number of aromatic nitrogens is 2. The van der Waals surface area contributed by atoms with Crippen LogP contribution < -0.4 is 10.2 Å². The molecule has 0 radical (unpaired) electrons. The SMILES string of the molecule is Cc1cc(SC2CC3(CCN(C(C)C)CC3)C2)ccc1Nc1ncc(C(F)(F)F)c(N2CCCC(C)(O)C2)n1. The Hall–Kier alpha value is -2.04. The van der Waals surface area contributed by atoms with Crippen molar-refractivity contribution in [3.63, 3.8) is 0 Å². The third-order valence-electron chi connectivity index (χ3n) is 8.71. The highest BCUT2D eigenvalue weighted by Gasteiger charge is 2.46. The van der Waals surface area contributed by atoms with E-state index in [2.05, 4.69) is 46.2 Å². The van der Waals surface area contributed by atoms with Crippen LogP contribution in [-0.4, -0.2) is 63.0 Å². The van der Waals surface area contributed by atoms with Crippen LogP contribution in [0.2, 0.25) is 0 Å². The predicted octanol–water partition coefficient (Wildman–Crippen LogP) is 6.64. The maximum atomic E-state index is 13.8. The zero-order chi connectivity index (χ0) is 28.0. The molecule has 1 aromatic heterocycles. The van der Waals surface area contributed by atoms with E-state index in [1.165, 1.54) is 48.6 Å². The summed E-state index contributed by atoms with van der Waals surface area (Å²) in [4.78, 5) is 13.6. The summed E-state index contributed by atoms with van der Waals surface area (Å²) in [6.07, 6.45) is 2.53. The number of thioether (sulfide) groups is 1. The Labute approximate surface area is 233 Å². The summed E-state index contributed by atoms with van der Waals surface area (Å²) in [7, 11) is 0. The number of hydrogen-bond acceptors (Lipinski definition) is 7. The lowest BCUT2D eigenvalue weighted by atomic mass is 9.63. The Bertz CT molecular complexity index is 1170. The maximum Gasteiger partial charge on any atom is 0.421 e. The van der Waals surface area contributed by atoms with Crippen LogP contribution in [0.3, 0.4) is 0 Å². The highest BCUT2D eigenvalue weighted by molar-refractivity contribution is 8.00. The number of piperidine rings is 2. The lowest BCUT2D eigenvalue weighted by Crippen LogP contribution is -2.49. The van der Waals surface area contributed by atoms with E-state index >= 15 is 0 Å². The van der Waals surface area contributed by atoms with Gasteiger partial charge >= 0.3 is 6.18 Å². The Morgan fingerprint density at radius 1 is 1.13 bits per heavy atom. The Kier molecular flexibility index (Phi) is 7.85. The van der Waals surface area contributed by atoms with Crippen LogP contribution in [0, 0.1) is 12.3 Å². The van der Waals surface area contributed by atoms with Crippen LogP contribution in [0.5, 0.6) is 0 Å². The predicted molar refractivity (Wildman–Crippen MR) is 151 cm³/mol. The van der Waals surface area contributed by atoms with E-state index in [4.69, 9.17) is 0 Å². The van der Waals surface area contributed by atoms with Gasteiger partial charge in [-0.1, -0.05) is 0 Å². The summed E-state index contributed by atoms with van der Waals surface area (Å²) in [6.45, 7) is 11.1. The summed E-state index contributed by atoms with van der Waals surface area (Å²) in [5, 5.41) is 14.2. The van der Waals surface area contributed by atoms with Crippen molar-refractivity contribution in [2.45, 2.75) is 94.2 Å². The molecule has 1 unspecified atom stereocenters. The largest absolute Gasteiger partial charge is 0.421 e. The molecular formula is C29H40F3N5OS. The molecule has 3 aliphatic rings. The second-order valence-corrected chi connectivity index (χ2v) is 13.7. The molecule has 2 N–H and O–H groups in total. The summed E-state index contributed by atoms with van der Waals surface area (Å²) >= 11 is 1.93. The Morgan fingerprint density at radius 3 is 2.46 bits per heavy atom. The fourth-order valence-electron chi connectivity index (χ4n) is 6.35. The summed E-state index contributed by atoms with van der Waals surface area (Å²) in [5.41, 5.74) is 0.336. The van der Waals surface area contributed by atoms with Crippen LogP contribution in [-0.2, 0) is 6.18 Å². The van der Waals surface area contributed by atoms with Crippen molar-refractivity contribution < 1.29 is 18.3 Å². The van der Waals surface area contributed by atoms with Gasteiger partial charge in [0.25, 0.3) is 0 Å². The highest BCUT2D eigenvalue weighted by atomic mass is 32.2. The van der Waals surface area contributed by atoms with Crippen molar-refractivity contribution in [2.24, 2.45) is 5.41 Å². The van der Waals surface area contributed by atoms with Crippen LogP contribution in [0.15, 0.2) is 29.3 Å². The van der Waals surface area contributed by atoms with E-state index in [0.717, 1.165) is 17.4 Å². The second-order valence-electron chi connectivity index (χ2n) is 12.3. The van der Waals surface area contributed by atoms with Crippen molar-refractivity contribution in [3.8, 4) is 0 Å². The fourth-order valence-corrected chi connectivity index (χ4v) is 8.00. The summed E-state index contributed by atoms with van der Waals surface area (Å²) in [5.74, 6) is -0.0802. The van der Waals surface area contributed by atoms with Crippen LogP contribution >= 0.6 is 11.8 Å². The van der Waals surface area contributed by atoms with Gasteiger partial charge in [0.05, 0.1) is 5.60 Å². The normalized spacial score (nSPS) is 24.3. The number of anilines is 3. The minimum Gasteiger partial charge on any atom is -0.388 e. The van der Waals surface area contributed by atoms with Crippen molar-refractivity contribution in [1.29, 1.82) is 0 Å². The van der Waals surface area contributed by atoms with E-state index in [9.17, 15) is 18.3 Å². The third kappa shape index (κ3) is 6.49. The van der Waals surface area contributed by atoms with Gasteiger partial charge in [-0.2, -0.15) is 18.2 Å². The van der Waals surface area contributed by atoms with Crippen LogP contribution in [0.25, 0.3) is 0 Å². The van der Waals surface area contributed by atoms with Gasteiger partial charge in [0.1, 0.15) is 11.4 Å². The fraction of sp³-hybridized carbons (Fsp3) is 0.655. The molecule has 6 nitrogen and oxygen atoms in total. The Balaban J connectivity index is 1.24. The van der Waals surface area contributed by atoms with Gasteiger partial charge < -0.3 is 20.2 Å². The summed E-state index contributed by atoms with van der Waals surface area (Å²) < 4.78 is 41.3. The molecule has 1 saturated carbocycles. The smallest absolute Gasteiger partial charge is 0.388 e. The van der Waals surface area contributed by atoms with E-state index < -0.39 is 17.3 Å². The minimum absolute atomic E-state index is 0.0932. The van der Waals surface area contributed by atoms with Crippen LogP contribution in [0.4, 0.5) is 30.6 Å². The van der Waals surface area contributed by atoms with Gasteiger partial charge in [0, 0.05) is 41.2 Å². The van der Waals surface area contributed by atoms with E-state index in [-0.39, 0.29) is 18.3 Å². The molecule has 214 valence electrons. The molecule has 2 saturated heterocycles. The molecule has 3 fully saturated rings. The molecule has 0 bridgehead atoms. The highest BCUT2D eigenvalue weighted by Crippen LogP contribution is 2.55. The summed E-state index contributed by atoms with van der Waals surface area (Å²) in [6, 6.07) is 6.79. The van der Waals surface area contributed by atoms with Gasteiger partial charge in [-0.05, 0) is 108 Å². The zero-order valence-corrected chi connectivity index (χ0v) is 24.1. The van der Waals surface area contributed by atoms with Gasteiger partial charge in [0.2, 0.25) is 5.95 Å². The van der Waals surface area contributed by atoms with Crippen molar-refractivity contribution >= 4 is 29.2 Å². The number of likely N-dealkylation sites (tertiary alicyclic amines) is 1. The molecule has 2 aliphatic heterocycles. The van der Waals surface area contributed by atoms with E-state index in [1.807, 2.05) is 24.8 Å². The molecule has 3 heterocycles. The number of hydrogen-bond donors (Lipinski definition) is 2. The first-order valence-corrected chi connectivity index (χ1v) is 14.9. The molecular weight excluding hydrogens is 523 g/mol. The third-order valence-corrected chi connectivity index (χ3v) is 9.90. The van der Waals surface area contributed by atoms with Crippen molar-refractivity contribution in [3.05, 3.63) is 35.5 Å². The van der Waals surface area contributed by atoms with Gasteiger partial charge in [0.15, 0.2) is 0 Å². The molecule has 5 rings (SSSR count). The second kappa shape index (κ2) is 10.7. The number of benzene rings is 1. The van der Waals surface area contributed by atoms with E-state index in [1.54, 1.807) is 6.92 Å². The van der Waals surface area contributed by atoms with Crippen molar-refractivity contribution in [2.75, 3.05) is 36.4 Å². The van der Waals surface area contributed by atoms with Crippen molar-refractivity contribution in [1.82, 2.24) is 14.9 Å². The average Bonchev–Trinajstić information content (AvgIpc) is 2.84. The van der Waals surface area contributed by atoms with E-state index in [0.29, 0.717) is 36.1 Å². The topological polar surface area (TPSA) is 64.5 Å². The Morgan fingerprint density at radius 2 is 1.85 bits per heavy atom. The quantitative estimate of drug-likeness (QED) is 0.408. The number of halogens is 3. The molecule has 1 aliphatic carbocycles. The first-order chi connectivity index (χ1) is 18.3. The maximum absolute atomic E-state index is 13.8. The number of β-amino-alcohol motifs (C(OH)–C–C–N with tert-alkyl or cyclic N) is 1. The molecule has 10 heteroatoms. The number of nitrogens with zero attached hydrogens (tertiary/aromatic N) is 4. The lowest BCUT2D eigenvalue weighted by Gasteiger charge is -2.52. The average molecular weight is 564 g/mol. The van der Waals surface area contributed by atoms with Crippen LogP contribution in [0.1, 0.15) is 70.4 Å². The van der Waals surface area contributed by atoms with Gasteiger partial charge in [-0.3, -0.25) is 0 Å². The molecule has 2 aromatic rings. The molecule has 1 atom stereocenters. The standard InChI is InChI=1S/C29H40F3N5OS/c1-19(2)36-12-9-28(10-13-36)15-22(16-28)39-21-6-7-24(20(3)14-21)34-26-33-17-23(29(30,31)32)25(35-26)37-11-5-8-27(4,38)18-37/h6-7,14,17,19,22,38H,5,8-13,15-16,18H2,1-4H3,(H,33,34,35). The molecule has 1 spiro atoms. The lowest BCUT2D eigenvalue weighted by molar-refractivity contribution is -0.137.